The predicted molar refractivity (Wildman–Crippen MR) is 79.8 cm³/mol. The maximum atomic E-state index is 12.2. The van der Waals surface area contributed by atoms with E-state index in [2.05, 4.69) is 10.4 Å². The molecule has 2 aromatic heterocycles. The van der Waals surface area contributed by atoms with Crippen LogP contribution in [0.1, 0.15) is 35.6 Å². The number of carbonyl (C=O) groups is 1. The number of hydrogen-bond acceptors (Lipinski definition) is 3. The zero-order chi connectivity index (χ0) is 15.6. The van der Waals surface area contributed by atoms with Gasteiger partial charge in [0, 0.05) is 31.4 Å². The SMILES string of the molecule is Cc1cc([C@H](C)NC(=O)N(C)Cc2cnn(C)c2)c(C)o1. The zero-order valence-corrected chi connectivity index (χ0v) is 13.2. The summed E-state index contributed by atoms with van der Waals surface area (Å²) in [6.07, 6.45) is 3.66. The molecule has 6 nitrogen and oxygen atoms in total. The van der Waals surface area contributed by atoms with Crippen molar-refractivity contribution in [2.45, 2.75) is 33.4 Å². The van der Waals surface area contributed by atoms with Crippen LogP contribution in [0, 0.1) is 13.8 Å². The largest absolute Gasteiger partial charge is 0.466 e. The number of hydrogen-bond donors (Lipinski definition) is 1. The highest BCUT2D eigenvalue weighted by Crippen LogP contribution is 2.21. The molecule has 0 aliphatic rings. The van der Waals surface area contributed by atoms with Gasteiger partial charge in [-0.3, -0.25) is 4.68 Å². The Labute approximate surface area is 124 Å². The number of nitrogens with one attached hydrogen (secondary N) is 1. The molecule has 1 atom stereocenters. The summed E-state index contributed by atoms with van der Waals surface area (Å²) in [5.41, 5.74) is 2.01. The summed E-state index contributed by atoms with van der Waals surface area (Å²) in [5, 5.41) is 7.07. The topological polar surface area (TPSA) is 63.3 Å². The van der Waals surface area contributed by atoms with Gasteiger partial charge in [0.25, 0.3) is 0 Å². The molecule has 2 rings (SSSR count). The fraction of sp³-hybridized carbons (Fsp3) is 0.467. The Kier molecular flexibility index (Phi) is 4.35. The third kappa shape index (κ3) is 3.65. The molecule has 21 heavy (non-hydrogen) atoms. The first kappa shape index (κ1) is 15.2. The molecule has 114 valence electrons. The van der Waals surface area contributed by atoms with Gasteiger partial charge in [-0.2, -0.15) is 5.10 Å². The Hall–Kier alpha value is -2.24. The fourth-order valence-corrected chi connectivity index (χ4v) is 2.35. The highest BCUT2D eigenvalue weighted by Gasteiger charge is 2.17. The summed E-state index contributed by atoms with van der Waals surface area (Å²) < 4.78 is 7.22. The molecule has 0 radical (unpaired) electrons. The molecule has 0 aliphatic carbocycles. The van der Waals surface area contributed by atoms with Gasteiger partial charge < -0.3 is 14.6 Å². The smallest absolute Gasteiger partial charge is 0.317 e. The Morgan fingerprint density at radius 2 is 2.24 bits per heavy atom. The first-order valence-corrected chi connectivity index (χ1v) is 6.93. The second-order valence-corrected chi connectivity index (χ2v) is 5.42. The predicted octanol–water partition coefficient (Wildman–Crippen LogP) is 2.53. The van der Waals surface area contributed by atoms with Crippen LogP contribution in [0.4, 0.5) is 4.79 Å². The molecule has 2 amide bonds. The van der Waals surface area contributed by atoms with E-state index in [1.165, 1.54) is 0 Å². The minimum atomic E-state index is -0.121. The lowest BCUT2D eigenvalue weighted by atomic mass is 10.1. The van der Waals surface area contributed by atoms with E-state index in [-0.39, 0.29) is 12.1 Å². The summed E-state index contributed by atoms with van der Waals surface area (Å²) in [6, 6.07) is 1.75. The van der Waals surface area contributed by atoms with Crippen LogP contribution in [0.5, 0.6) is 0 Å². The van der Waals surface area contributed by atoms with Gasteiger partial charge in [-0.15, -0.1) is 0 Å². The number of carbonyl (C=O) groups excluding carboxylic acids is 1. The van der Waals surface area contributed by atoms with E-state index < -0.39 is 0 Å². The molecule has 0 bridgehead atoms. The summed E-state index contributed by atoms with van der Waals surface area (Å²) in [5.74, 6) is 1.70. The highest BCUT2D eigenvalue weighted by atomic mass is 16.3. The van der Waals surface area contributed by atoms with Gasteiger partial charge in [0.1, 0.15) is 11.5 Å². The lowest BCUT2D eigenvalue weighted by molar-refractivity contribution is 0.203. The molecule has 0 fully saturated rings. The second kappa shape index (κ2) is 6.03. The van der Waals surface area contributed by atoms with Crippen LogP contribution in [0.25, 0.3) is 0 Å². The van der Waals surface area contributed by atoms with Crippen LogP contribution in [0.3, 0.4) is 0 Å². The van der Waals surface area contributed by atoms with E-state index in [4.69, 9.17) is 4.42 Å². The number of nitrogens with zero attached hydrogens (tertiary/aromatic N) is 3. The van der Waals surface area contributed by atoms with E-state index in [0.717, 1.165) is 22.6 Å². The molecule has 0 unspecified atom stereocenters. The normalized spacial score (nSPS) is 12.2. The number of aryl methyl sites for hydroxylation is 3. The van der Waals surface area contributed by atoms with Gasteiger partial charge in [-0.05, 0) is 26.8 Å². The van der Waals surface area contributed by atoms with E-state index in [0.29, 0.717) is 6.54 Å². The van der Waals surface area contributed by atoms with Crippen LogP contribution in [-0.4, -0.2) is 27.8 Å². The van der Waals surface area contributed by atoms with Crippen molar-refractivity contribution in [2.24, 2.45) is 7.05 Å². The molecule has 1 N–H and O–H groups in total. The molecule has 0 aromatic carbocycles. The first-order valence-electron chi connectivity index (χ1n) is 6.93. The van der Waals surface area contributed by atoms with Crippen LogP contribution < -0.4 is 5.32 Å². The lowest BCUT2D eigenvalue weighted by Crippen LogP contribution is -2.38. The monoisotopic (exact) mass is 290 g/mol. The highest BCUT2D eigenvalue weighted by molar-refractivity contribution is 5.74. The summed E-state index contributed by atoms with van der Waals surface area (Å²) in [6.45, 7) is 6.28. The quantitative estimate of drug-likeness (QED) is 0.941. The van der Waals surface area contributed by atoms with Crippen molar-refractivity contribution in [3.05, 3.63) is 41.1 Å². The minimum absolute atomic E-state index is 0.0914. The standard InChI is InChI=1S/C15H22N4O2/c1-10-6-14(12(3)21-10)11(2)17-15(20)18(4)8-13-7-16-19(5)9-13/h6-7,9,11H,8H2,1-5H3,(H,17,20)/t11-/m0/s1. The minimum Gasteiger partial charge on any atom is -0.466 e. The zero-order valence-electron chi connectivity index (χ0n) is 13.2. The van der Waals surface area contributed by atoms with E-state index in [1.54, 1.807) is 22.8 Å². The summed E-state index contributed by atoms with van der Waals surface area (Å²) in [7, 11) is 3.62. The van der Waals surface area contributed by atoms with Gasteiger partial charge in [0.15, 0.2) is 0 Å². The fourth-order valence-electron chi connectivity index (χ4n) is 2.35. The third-order valence-corrected chi connectivity index (χ3v) is 3.41. The molecule has 0 saturated carbocycles. The Bertz CT molecular complexity index is 629. The van der Waals surface area contributed by atoms with Crippen molar-refractivity contribution in [3.8, 4) is 0 Å². The van der Waals surface area contributed by atoms with E-state index in [9.17, 15) is 4.79 Å². The second-order valence-electron chi connectivity index (χ2n) is 5.42. The molecular weight excluding hydrogens is 268 g/mol. The molecule has 2 aromatic rings. The van der Waals surface area contributed by atoms with E-state index in [1.807, 2.05) is 40.1 Å². The van der Waals surface area contributed by atoms with Gasteiger partial charge in [-0.1, -0.05) is 0 Å². The van der Waals surface area contributed by atoms with Crippen LogP contribution >= 0.6 is 0 Å². The van der Waals surface area contributed by atoms with Crippen LogP contribution in [-0.2, 0) is 13.6 Å². The van der Waals surface area contributed by atoms with Gasteiger partial charge >= 0.3 is 6.03 Å². The molecule has 0 saturated heterocycles. The number of urea groups is 1. The van der Waals surface area contributed by atoms with Crippen LogP contribution in [0.15, 0.2) is 22.9 Å². The number of furan rings is 1. The maximum absolute atomic E-state index is 12.2. The Balaban J connectivity index is 1.95. The van der Waals surface area contributed by atoms with Crippen molar-refractivity contribution in [3.63, 3.8) is 0 Å². The van der Waals surface area contributed by atoms with Gasteiger partial charge in [0.05, 0.1) is 18.8 Å². The molecular formula is C15H22N4O2. The summed E-state index contributed by atoms with van der Waals surface area (Å²) in [4.78, 5) is 13.8. The van der Waals surface area contributed by atoms with Crippen LogP contribution in [0.2, 0.25) is 0 Å². The van der Waals surface area contributed by atoms with Crippen molar-refractivity contribution in [1.82, 2.24) is 20.0 Å². The number of rotatable bonds is 4. The molecule has 6 heteroatoms. The average molecular weight is 290 g/mol. The number of aromatic nitrogens is 2. The molecule has 2 heterocycles. The van der Waals surface area contributed by atoms with Crippen molar-refractivity contribution >= 4 is 6.03 Å². The van der Waals surface area contributed by atoms with Gasteiger partial charge in [-0.25, -0.2) is 4.79 Å². The van der Waals surface area contributed by atoms with Gasteiger partial charge in [0.2, 0.25) is 0 Å². The third-order valence-electron chi connectivity index (χ3n) is 3.41. The maximum Gasteiger partial charge on any atom is 0.317 e. The lowest BCUT2D eigenvalue weighted by Gasteiger charge is -2.20. The molecule has 0 aliphatic heterocycles. The molecule has 0 spiro atoms. The van der Waals surface area contributed by atoms with Crippen molar-refractivity contribution in [2.75, 3.05) is 7.05 Å². The van der Waals surface area contributed by atoms with E-state index >= 15 is 0 Å². The summed E-state index contributed by atoms with van der Waals surface area (Å²) >= 11 is 0. The average Bonchev–Trinajstić information content (AvgIpc) is 2.95. The Morgan fingerprint density at radius 3 is 2.76 bits per heavy atom. The first-order chi connectivity index (χ1) is 9.86. The Morgan fingerprint density at radius 1 is 1.52 bits per heavy atom. The number of amides is 2. The van der Waals surface area contributed by atoms with Crippen molar-refractivity contribution < 1.29 is 9.21 Å². The van der Waals surface area contributed by atoms with Crippen molar-refractivity contribution in [1.29, 1.82) is 0 Å².